The van der Waals surface area contributed by atoms with Crippen LogP contribution in [0.5, 0.6) is 5.75 Å². The molecule has 0 aliphatic carbocycles. The van der Waals surface area contributed by atoms with Crippen LogP contribution in [0.3, 0.4) is 0 Å². The standard InChI is InChI=1S/C19H33NO/c1-4-5-6-7-8-9-10-11-15-20(2)17-18-13-12-14-19(16-18)21-3/h12-14,16H,4-11,15,17H2,1-3H3. The van der Waals surface area contributed by atoms with E-state index in [0.29, 0.717) is 0 Å². The number of methoxy groups -OCH3 is 1. The van der Waals surface area contributed by atoms with Gasteiger partial charge in [-0.05, 0) is 37.7 Å². The predicted octanol–water partition coefficient (Wildman–Crippen LogP) is 5.27. The lowest BCUT2D eigenvalue weighted by Gasteiger charge is -2.17. The van der Waals surface area contributed by atoms with Crippen molar-refractivity contribution in [3.63, 3.8) is 0 Å². The van der Waals surface area contributed by atoms with Crippen molar-refractivity contribution < 1.29 is 4.74 Å². The van der Waals surface area contributed by atoms with E-state index in [0.717, 1.165) is 12.3 Å². The zero-order chi connectivity index (χ0) is 15.3. The Morgan fingerprint density at radius 3 is 2.29 bits per heavy atom. The fraction of sp³-hybridized carbons (Fsp3) is 0.684. The molecule has 0 aliphatic rings. The summed E-state index contributed by atoms with van der Waals surface area (Å²) in [5.41, 5.74) is 1.33. The lowest BCUT2D eigenvalue weighted by Crippen LogP contribution is -2.19. The summed E-state index contributed by atoms with van der Waals surface area (Å²) < 4.78 is 5.27. The third-order valence-corrected chi connectivity index (χ3v) is 3.98. The average molecular weight is 291 g/mol. The molecule has 0 aliphatic heterocycles. The number of ether oxygens (including phenoxy) is 1. The average Bonchev–Trinajstić information content (AvgIpc) is 2.50. The second kappa shape index (κ2) is 11.6. The monoisotopic (exact) mass is 291 g/mol. The largest absolute Gasteiger partial charge is 0.497 e. The second-order valence-corrected chi connectivity index (χ2v) is 6.06. The van der Waals surface area contributed by atoms with Gasteiger partial charge in [0.05, 0.1) is 7.11 Å². The Labute approximate surface area is 131 Å². The molecule has 1 aromatic rings. The summed E-state index contributed by atoms with van der Waals surface area (Å²) in [7, 11) is 3.93. The van der Waals surface area contributed by atoms with E-state index in [-0.39, 0.29) is 0 Å². The van der Waals surface area contributed by atoms with Gasteiger partial charge in [0.2, 0.25) is 0 Å². The normalized spacial score (nSPS) is 11.0. The first-order chi connectivity index (χ1) is 10.3. The SMILES string of the molecule is CCCCCCCCCCN(C)Cc1cccc(OC)c1. The Morgan fingerprint density at radius 1 is 0.952 bits per heavy atom. The molecular formula is C19H33NO. The lowest BCUT2D eigenvalue weighted by molar-refractivity contribution is 0.315. The fourth-order valence-electron chi connectivity index (χ4n) is 2.68. The molecule has 120 valence electrons. The number of hydrogen-bond donors (Lipinski definition) is 0. The Morgan fingerprint density at radius 2 is 1.62 bits per heavy atom. The van der Waals surface area contributed by atoms with E-state index in [1.54, 1.807) is 7.11 Å². The molecule has 1 aromatic carbocycles. The van der Waals surface area contributed by atoms with Crippen molar-refractivity contribution in [2.45, 2.75) is 64.8 Å². The number of benzene rings is 1. The number of nitrogens with zero attached hydrogens (tertiary/aromatic N) is 1. The molecule has 21 heavy (non-hydrogen) atoms. The van der Waals surface area contributed by atoms with Crippen LogP contribution in [0.15, 0.2) is 24.3 Å². The zero-order valence-corrected chi connectivity index (χ0v) is 14.2. The summed E-state index contributed by atoms with van der Waals surface area (Å²) in [6.45, 7) is 4.47. The molecule has 0 N–H and O–H groups in total. The van der Waals surface area contributed by atoms with Gasteiger partial charge in [-0.25, -0.2) is 0 Å². The maximum absolute atomic E-state index is 5.27. The van der Waals surface area contributed by atoms with Gasteiger partial charge in [0.15, 0.2) is 0 Å². The van der Waals surface area contributed by atoms with E-state index < -0.39 is 0 Å². The lowest BCUT2D eigenvalue weighted by atomic mass is 10.1. The summed E-state index contributed by atoms with van der Waals surface area (Å²) in [6.07, 6.45) is 11.1. The van der Waals surface area contributed by atoms with E-state index in [4.69, 9.17) is 4.74 Å². The van der Waals surface area contributed by atoms with Gasteiger partial charge in [-0.3, -0.25) is 0 Å². The molecule has 2 heteroatoms. The smallest absolute Gasteiger partial charge is 0.119 e. The van der Waals surface area contributed by atoms with Crippen LogP contribution in [-0.4, -0.2) is 25.6 Å². The number of rotatable bonds is 12. The van der Waals surface area contributed by atoms with Crippen molar-refractivity contribution in [3.8, 4) is 5.75 Å². The Kier molecular flexibility index (Phi) is 9.98. The van der Waals surface area contributed by atoms with Crippen LogP contribution < -0.4 is 4.74 Å². The molecule has 0 radical (unpaired) electrons. The third-order valence-electron chi connectivity index (χ3n) is 3.98. The number of unbranched alkanes of at least 4 members (excludes halogenated alkanes) is 7. The van der Waals surface area contributed by atoms with Crippen LogP contribution in [0.1, 0.15) is 63.9 Å². The van der Waals surface area contributed by atoms with Gasteiger partial charge in [-0.2, -0.15) is 0 Å². The van der Waals surface area contributed by atoms with Crippen LogP contribution in [0, 0.1) is 0 Å². The van der Waals surface area contributed by atoms with E-state index in [1.807, 2.05) is 6.07 Å². The minimum atomic E-state index is 0.952. The predicted molar refractivity (Wildman–Crippen MR) is 91.9 cm³/mol. The number of hydrogen-bond acceptors (Lipinski definition) is 2. The summed E-state index contributed by atoms with van der Waals surface area (Å²) >= 11 is 0. The van der Waals surface area contributed by atoms with Crippen molar-refractivity contribution in [1.82, 2.24) is 4.90 Å². The summed E-state index contributed by atoms with van der Waals surface area (Å²) in [5.74, 6) is 0.952. The first-order valence-electron chi connectivity index (χ1n) is 8.57. The van der Waals surface area contributed by atoms with Crippen LogP contribution in [-0.2, 0) is 6.54 Å². The molecule has 2 nitrogen and oxygen atoms in total. The Hall–Kier alpha value is -1.02. The van der Waals surface area contributed by atoms with E-state index >= 15 is 0 Å². The minimum Gasteiger partial charge on any atom is -0.497 e. The van der Waals surface area contributed by atoms with Crippen LogP contribution in [0.25, 0.3) is 0 Å². The van der Waals surface area contributed by atoms with Crippen molar-refractivity contribution in [1.29, 1.82) is 0 Å². The van der Waals surface area contributed by atoms with E-state index in [1.165, 1.54) is 63.5 Å². The van der Waals surface area contributed by atoms with Gasteiger partial charge in [-0.15, -0.1) is 0 Å². The fourth-order valence-corrected chi connectivity index (χ4v) is 2.68. The highest BCUT2D eigenvalue weighted by atomic mass is 16.5. The molecule has 0 saturated carbocycles. The Balaban J connectivity index is 2.07. The van der Waals surface area contributed by atoms with Crippen molar-refractivity contribution in [3.05, 3.63) is 29.8 Å². The molecule has 0 aromatic heterocycles. The molecule has 0 amide bonds. The van der Waals surface area contributed by atoms with E-state index in [9.17, 15) is 0 Å². The summed E-state index contributed by atoms with van der Waals surface area (Å²) in [6, 6.07) is 8.37. The third kappa shape index (κ3) is 8.77. The minimum absolute atomic E-state index is 0.952. The molecule has 0 saturated heterocycles. The molecule has 0 heterocycles. The first-order valence-corrected chi connectivity index (χ1v) is 8.57. The molecule has 0 atom stereocenters. The maximum atomic E-state index is 5.27. The van der Waals surface area contributed by atoms with E-state index in [2.05, 4.69) is 37.1 Å². The first kappa shape index (κ1) is 18.0. The molecule has 0 bridgehead atoms. The van der Waals surface area contributed by atoms with Crippen LogP contribution >= 0.6 is 0 Å². The molecule has 0 unspecified atom stereocenters. The molecule has 0 fully saturated rings. The summed E-state index contributed by atoms with van der Waals surface area (Å²) in [4.78, 5) is 2.41. The molecular weight excluding hydrogens is 258 g/mol. The quantitative estimate of drug-likeness (QED) is 0.487. The summed E-state index contributed by atoms with van der Waals surface area (Å²) in [5, 5.41) is 0. The van der Waals surface area contributed by atoms with Gasteiger partial charge in [0.25, 0.3) is 0 Å². The highest BCUT2D eigenvalue weighted by molar-refractivity contribution is 5.28. The van der Waals surface area contributed by atoms with Crippen molar-refractivity contribution >= 4 is 0 Å². The van der Waals surface area contributed by atoms with Gasteiger partial charge in [-0.1, -0.05) is 64.0 Å². The van der Waals surface area contributed by atoms with Crippen molar-refractivity contribution in [2.75, 3.05) is 20.7 Å². The Bertz CT molecular complexity index is 364. The second-order valence-electron chi connectivity index (χ2n) is 6.06. The molecule has 1 rings (SSSR count). The molecule has 0 spiro atoms. The van der Waals surface area contributed by atoms with Crippen LogP contribution in [0.4, 0.5) is 0 Å². The van der Waals surface area contributed by atoms with Crippen LogP contribution in [0.2, 0.25) is 0 Å². The zero-order valence-electron chi connectivity index (χ0n) is 14.2. The van der Waals surface area contributed by atoms with Crippen molar-refractivity contribution in [2.24, 2.45) is 0 Å². The maximum Gasteiger partial charge on any atom is 0.119 e. The van der Waals surface area contributed by atoms with Gasteiger partial charge in [0.1, 0.15) is 5.75 Å². The van der Waals surface area contributed by atoms with Gasteiger partial charge >= 0.3 is 0 Å². The highest BCUT2D eigenvalue weighted by Gasteiger charge is 2.01. The highest BCUT2D eigenvalue weighted by Crippen LogP contribution is 2.14. The van der Waals surface area contributed by atoms with Gasteiger partial charge in [0, 0.05) is 6.54 Å². The van der Waals surface area contributed by atoms with Gasteiger partial charge < -0.3 is 9.64 Å². The topological polar surface area (TPSA) is 12.5 Å².